The molecule has 29 heavy (non-hydrogen) atoms. The number of nitrogens with zero attached hydrogens (tertiary/aromatic N) is 2. The topological polar surface area (TPSA) is 79.0 Å². The number of amides is 3. The van der Waals surface area contributed by atoms with E-state index in [2.05, 4.69) is 5.32 Å². The number of methoxy groups -OCH3 is 1. The number of hydrogen-bond acceptors (Lipinski definition) is 4. The van der Waals surface area contributed by atoms with Crippen molar-refractivity contribution in [1.82, 2.24) is 15.1 Å². The summed E-state index contributed by atoms with van der Waals surface area (Å²) in [4.78, 5) is 41.6. The second kappa shape index (κ2) is 11.0. The van der Waals surface area contributed by atoms with E-state index in [1.54, 1.807) is 15.9 Å². The van der Waals surface area contributed by atoms with Crippen molar-refractivity contribution in [2.45, 2.75) is 39.7 Å². The number of carbonyl (C=O) groups excluding carboxylic acids is 3. The molecular weight excluding hydrogens is 370 g/mol. The Morgan fingerprint density at radius 3 is 2.41 bits per heavy atom. The van der Waals surface area contributed by atoms with E-state index in [1.165, 1.54) is 7.11 Å². The molecule has 1 saturated heterocycles. The summed E-state index contributed by atoms with van der Waals surface area (Å²) in [7, 11) is 1.50. The standard InChI is InChI=1S/C22H33N3O4/c1-5-24(6-2)22(28)20(23-21(27)18-9-7-8-16(3)14-18)17-10-12-25(13-11-17)19(26)15-29-4/h7-9,14,17,20H,5-6,10-13,15H2,1-4H3,(H,23,27). The summed E-state index contributed by atoms with van der Waals surface area (Å²) in [6.45, 7) is 8.19. The maximum atomic E-state index is 13.2. The van der Waals surface area contributed by atoms with Crippen molar-refractivity contribution in [3.8, 4) is 0 Å². The molecule has 0 spiro atoms. The van der Waals surface area contributed by atoms with E-state index < -0.39 is 6.04 Å². The van der Waals surface area contributed by atoms with Crippen LogP contribution in [0.3, 0.4) is 0 Å². The smallest absolute Gasteiger partial charge is 0.251 e. The van der Waals surface area contributed by atoms with Crippen LogP contribution in [0.2, 0.25) is 0 Å². The average molecular weight is 404 g/mol. The second-order valence-electron chi connectivity index (χ2n) is 7.48. The van der Waals surface area contributed by atoms with Crippen LogP contribution in [0.1, 0.15) is 42.6 Å². The molecule has 160 valence electrons. The van der Waals surface area contributed by atoms with Gasteiger partial charge in [0.05, 0.1) is 0 Å². The van der Waals surface area contributed by atoms with E-state index in [9.17, 15) is 14.4 Å². The number of benzene rings is 1. The van der Waals surface area contributed by atoms with Crippen LogP contribution in [0.4, 0.5) is 0 Å². The lowest BCUT2D eigenvalue weighted by Crippen LogP contribution is -2.55. The molecule has 1 N–H and O–H groups in total. The number of piperidine rings is 1. The van der Waals surface area contributed by atoms with Gasteiger partial charge in [-0.05, 0) is 51.7 Å². The van der Waals surface area contributed by atoms with Crippen LogP contribution < -0.4 is 5.32 Å². The summed E-state index contributed by atoms with van der Waals surface area (Å²) in [5, 5.41) is 2.99. The van der Waals surface area contributed by atoms with Crippen molar-refractivity contribution >= 4 is 17.7 Å². The highest BCUT2D eigenvalue weighted by Crippen LogP contribution is 2.23. The minimum Gasteiger partial charge on any atom is -0.375 e. The van der Waals surface area contributed by atoms with E-state index in [1.807, 2.05) is 39.0 Å². The molecule has 1 unspecified atom stereocenters. The summed E-state index contributed by atoms with van der Waals surface area (Å²) in [6, 6.07) is 6.75. The van der Waals surface area contributed by atoms with Gasteiger partial charge in [-0.2, -0.15) is 0 Å². The summed E-state index contributed by atoms with van der Waals surface area (Å²) < 4.78 is 4.93. The molecule has 0 saturated carbocycles. The fourth-order valence-corrected chi connectivity index (χ4v) is 3.82. The molecule has 3 amide bonds. The molecule has 7 heteroatoms. The number of ether oxygens (including phenoxy) is 1. The Morgan fingerprint density at radius 2 is 1.86 bits per heavy atom. The van der Waals surface area contributed by atoms with Crippen LogP contribution in [0.25, 0.3) is 0 Å². The number of carbonyl (C=O) groups is 3. The number of nitrogens with one attached hydrogen (secondary N) is 1. The molecule has 0 aromatic heterocycles. The number of rotatable bonds is 8. The number of likely N-dealkylation sites (tertiary alicyclic amines) is 1. The van der Waals surface area contributed by atoms with Gasteiger partial charge in [-0.15, -0.1) is 0 Å². The van der Waals surface area contributed by atoms with Gasteiger partial charge in [0.25, 0.3) is 5.91 Å². The molecular formula is C22H33N3O4. The third-order valence-corrected chi connectivity index (χ3v) is 5.54. The third-order valence-electron chi connectivity index (χ3n) is 5.54. The lowest BCUT2D eigenvalue weighted by atomic mass is 9.88. The van der Waals surface area contributed by atoms with Crippen LogP contribution in [-0.4, -0.2) is 73.5 Å². The zero-order valence-electron chi connectivity index (χ0n) is 17.9. The summed E-state index contributed by atoms with van der Waals surface area (Å²) in [5.74, 6) is -0.348. The molecule has 1 heterocycles. The Bertz CT molecular complexity index is 710. The zero-order valence-corrected chi connectivity index (χ0v) is 17.9. The molecule has 7 nitrogen and oxygen atoms in total. The van der Waals surface area contributed by atoms with Gasteiger partial charge in [0.2, 0.25) is 11.8 Å². The van der Waals surface area contributed by atoms with Gasteiger partial charge in [0.15, 0.2) is 0 Å². The van der Waals surface area contributed by atoms with Gasteiger partial charge in [-0.25, -0.2) is 0 Å². The Morgan fingerprint density at radius 1 is 1.21 bits per heavy atom. The molecule has 0 bridgehead atoms. The lowest BCUT2D eigenvalue weighted by molar-refractivity contribution is -0.138. The van der Waals surface area contributed by atoms with Crippen molar-refractivity contribution < 1.29 is 19.1 Å². The highest BCUT2D eigenvalue weighted by atomic mass is 16.5. The third kappa shape index (κ3) is 6.03. The molecule has 0 aliphatic carbocycles. The maximum Gasteiger partial charge on any atom is 0.251 e. The molecule has 1 aliphatic rings. The Kier molecular flexibility index (Phi) is 8.64. The lowest BCUT2D eigenvalue weighted by Gasteiger charge is -2.37. The van der Waals surface area contributed by atoms with Gasteiger partial charge < -0.3 is 19.9 Å². The zero-order chi connectivity index (χ0) is 21.4. The van der Waals surface area contributed by atoms with Crippen molar-refractivity contribution in [1.29, 1.82) is 0 Å². The second-order valence-corrected chi connectivity index (χ2v) is 7.48. The molecule has 2 rings (SSSR count). The molecule has 1 aromatic carbocycles. The first-order chi connectivity index (χ1) is 13.9. The van der Waals surface area contributed by atoms with E-state index in [4.69, 9.17) is 4.74 Å². The van der Waals surface area contributed by atoms with Crippen molar-refractivity contribution in [2.75, 3.05) is 39.9 Å². The summed E-state index contributed by atoms with van der Waals surface area (Å²) in [5.41, 5.74) is 1.55. The maximum absolute atomic E-state index is 13.2. The van der Waals surface area contributed by atoms with Crippen LogP contribution in [0.15, 0.2) is 24.3 Å². The Hall–Kier alpha value is -2.41. The molecule has 1 aromatic rings. The average Bonchev–Trinajstić information content (AvgIpc) is 2.73. The van der Waals surface area contributed by atoms with Crippen molar-refractivity contribution in [3.63, 3.8) is 0 Å². The highest BCUT2D eigenvalue weighted by Gasteiger charge is 2.35. The van der Waals surface area contributed by atoms with Gasteiger partial charge in [-0.3, -0.25) is 14.4 Å². The molecule has 1 fully saturated rings. The molecule has 1 aliphatic heterocycles. The highest BCUT2D eigenvalue weighted by molar-refractivity contribution is 5.97. The Labute approximate surface area is 173 Å². The van der Waals surface area contributed by atoms with Crippen LogP contribution >= 0.6 is 0 Å². The first-order valence-electron chi connectivity index (χ1n) is 10.3. The quantitative estimate of drug-likeness (QED) is 0.718. The predicted octanol–water partition coefficient (Wildman–Crippen LogP) is 1.85. The minimum atomic E-state index is -0.595. The predicted molar refractivity (Wildman–Crippen MR) is 112 cm³/mol. The van der Waals surface area contributed by atoms with Gasteiger partial charge in [0.1, 0.15) is 12.6 Å². The first-order valence-corrected chi connectivity index (χ1v) is 10.3. The summed E-state index contributed by atoms with van der Waals surface area (Å²) >= 11 is 0. The van der Waals surface area contributed by atoms with Crippen molar-refractivity contribution in [3.05, 3.63) is 35.4 Å². The largest absolute Gasteiger partial charge is 0.375 e. The van der Waals surface area contributed by atoms with Crippen molar-refractivity contribution in [2.24, 2.45) is 5.92 Å². The van der Waals surface area contributed by atoms with E-state index in [-0.39, 0.29) is 30.2 Å². The number of likely N-dealkylation sites (N-methyl/N-ethyl adjacent to an activating group) is 1. The van der Waals surface area contributed by atoms with Crippen LogP contribution in [0, 0.1) is 12.8 Å². The molecule has 1 atom stereocenters. The summed E-state index contributed by atoms with van der Waals surface area (Å²) in [6.07, 6.45) is 1.34. The van der Waals surface area contributed by atoms with E-state index in [0.717, 1.165) is 5.56 Å². The minimum absolute atomic E-state index is 0.0107. The van der Waals surface area contributed by atoms with Crippen LogP contribution in [-0.2, 0) is 14.3 Å². The monoisotopic (exact) mass is 403 g/mol. The van der Waals surface area contributed by atoms with E-state index in [0.29, 0.717) is 44.6 Å². The van der Waals surface area contributed by atoms with Gasteiger partial charge >= 0.3 is 0 Å². The fraction of sp³-hybridized carbons (Fsp3) is 0.591. The first kappa shape index (κ1) is 22.9. The fourth-order valence-electron chi connectivity index (χ4n) is 3.82. The molecule has 0 radical (unpaired) electrons. The number of hydrogen-bond donors (Lipinski definition) is 1. The normalized spacial score (nSPS) is 15.7. The van der Waals surface area contributed by atoms with E-state index >= 15 is 0 Å². The van der Waals surface area contributed by atoms with Gasteiger partial charge in [0, 0.05) is 38.9 Å². The SMILES string of the molecule is CCN(CC)C(=O)C(NC(=O)c1cccc(C)c1)C1CCN(C(=O)COC)CC1. The van der Waals surface area contributed by atoms with Gasteiger partial charge in [-0.1, -0.05) is 17.7 Å². The Balaban J connectivity index is 2.14. The number of aryl methyl sites for hydroxylation is 1. The van der Waals surface area contributed by atoms with Crippen LogP contribution in [0.5, 0.6) is 0 Å².